The number of hydrogen-bond acceptors (Lipinski definition) is 1. The van der Waals surface area contributed by atoms with Crippen molar-refractivity contribution >= 4 is 12.2 Å². The second kappa shape index (κ2) is 5.27. The van der Waals surface area contributed by atoms with Gasteiger partial charge in [0.1, 0.15) is 0 Å². The average molecular weight is 306 g/mol. The van der Waals surface area contributed by atoms with Crippen molar-refractivity contribution in [2.24, 2.45) is 0 Å². The van der Waals surface area contributed by atoms with Crippen molar-refractivity contribution in [1.29, 1.82) is 0 Å². The summed E-state index contributed by atoms with van der Waals surface area (Å²) >= 11 is 0. The van der Waals surface area contributed by atoms with Gasteiger partial charge in [0.25, 0.3) is 0 Å². The zero-order chi connectivity index (χ0) is 15.7. The average Bonchev–Trinajstić information content (AvgIpc) is 2.87. The van der Waals surface area contributed by atoms with Gasteiger partial charge in [-0.05, 0) is 29.8 Å². The summed E-state index contributed by atoms with van der Waals surface area (Å²) in [7, 11) is 0. The van der Waals surface area contributed by atoms with Gasteiger partial charge in [0.05, 0.1) is 16.8 Å². The second-order valence-corrected chi connectivity index (χ2v) is 4.14. The fourth-order valence-corrected chi connectivity index (χ4v) is 1.66. The summed E-state index contributed by atoms with van der Waals surface area (Å²) in [5.41, 5.74) is -2.60. The van der Waals surface area contributed by atoms with Crippen molar-refractivity contribution in [3.8, 4) is 0 Å². The van der Waals surface area contributed by atoms with E-state index in [1.165, 1.54) is 18.3 Å². The smallest absolute Gasteiger partial charge is 0.278 e. The molecule has 0 saturated carbocycles. The molecular weight excluding hydrogens is 298 g/mol. The number of halogens is 6. The van der Waals surface area contributed by atoms with Crippen molar-refractivity contribution in [2.75, 3.05) is 0 Å². The van der Waals surface area contributed by atoms with Crippen LogP contribution < -0.4 is 0 Å². The van der Waals surface area contributed by atoms with E-state index in [1.807, 2.05) is 0 Å². The quantitative estimate of drug-likeness (QED) is 0.806. The van der Waals surface area contributed by atoms with Crippen LogP contribution in [-0.4, -0.2) is 10.2 Å². The van der Waals surface area contributed by atoms with Gasteiger partial charge in [-0.15, -0.1) is 0 Å². The number of aromatic amines is 1. The van der Waals surface area contributed by atoms with Crippen LogP contribution in [0.5, 0.6) is 0 Å². The highest BCUT2D eigenvalue weighted by Gasteiger charge is 2.37. The Bertz CT molecular complexity index is 638. The van der Waals surface area contributed by atoms with E-state index in [-0.39, 0.29) is 11.6 Å². The van der Waals surface area contributed by atoms with Gasteiger partial charge in [0, 0.05) is 6.20 Å². The molecule has 0 aliphatic heterocycles. The van der Waals surface area contributed by atoms with Crippen molar-refractivity contribution in [3.05, 3.63) is 52.8 Å². The molecule has 112 valence electrons. The van der Waals surface area contributed by atoms with Crippen molar-refractivity contribution in [2.45, 2.75) is 12.4 Å². The van der Waals surface area contributed by atoms with E-state index in [1.54, 1.807) is 0 Å². The molecule has 1 N–H and O–H groups in total. The maximum Gasteiger partial charge on any atom is 0.417 e. The Morgan fingerprint density at radius 3 is 2.14 bits per heavy atom. The van der Waals surface area contributed by atoms with Crippen LogP contribution in [-0.2, 0) is 12.4 Å². The molecule has 2 aromatic rings. The summed E-state index contributed by atoms with van der Waals surface area (Å²) in [6.45, 7) is 0. The van der Waals surface area contributed by atoms with Gasteiger partial charge in [-0.3, -0.25) is 5.10 Å². The van der Waals surface area contributed by atoms with Gasteiger partial charge < -0.3 is 0 Å². The highest BCUT2D eigenvalue weighted by molar-refractivity contribution is 5.70. The summed E-state index contributed by atoms with van der Waals surface area (Å²) in [6, 6.07) is 3.01. The molecule has 2 rings (SSSR count). The number of aromatic nitrogens is 2. The summed E-state index contributed by atoms with van der Waals surface area (Å²) in [6.07, 6.45) is -5.93. The van der Waals surface area contributed by atoms with Gasteiger partial charge in [0.2, 0.25) is 0 Å². The molecule has 2 nitrogen and oxygen atoms in total. The Labute approximate surface area is 115 Å². The van der Waals surface area contributed by atoms with Gasteiger partial charge in [-0.25, -0.2) is 0 Å². The molecule has 0 radical (unpaired) electrons. The monoisotopic (exact) mass is 306 g/mol. The highest BCUT2D eigenvalue weighted by atomic mass is 19.4. The van der Waals surface area contributed by atoms with Crippen LogP contribution in [0.4, 0.5) is 26.3 Å². The molecule has 0 bridgehead atoms. The number of hydrogen-bond donors (Lipinski definition) is 1. The van der Waals surface area contributed by atoms with Crippen molar-refractivity contribution < 1.29 is 26.3 Å². The zero-order valence-electron chi connectivity index (χ0n) is 10.3. The molecule has 1 aromatic heterocycles. The third-order valence-corrected chi connectivity index (χ3v) is 2.65. The first kappa shape index (κ1) is 15.1. The lowest BCUT2D eigenvalue weighted by Gasteiger charge is -2.14. The Morgan fingerprint density at radius 2 is 1.62 bits per heavy atom. The molecule has 0 fully saturated rings. The van der Waals surface area contributed by atoms with Crippen molar-refractivity contribution in [1.82, 2.24) is 10.2 Å². The number of benzene rings is 1. The molecule has 0 saturated heterocycles. The largest absolute Gasteiger partial charge is 0.417 e. The van der Waals surface area contributed by atoms with Gasteiger partial charge >= 0.3 is 12.4 Å². The second-order valence-electron chi connectivity index (χ2n) is 4.14. The van der Waals surface area contributed by atoms with Crippen LogP contribution in [0.1, 0.15) is 22.4 Å². The van der Waals surface area contributed by atoms with Gasteiger partial charge in [0.15, 0.2) is 0 Å². The minimum Gasteiger partial charge on any atom is -0.278 e. The first-order valence-electron chi connectivity index (χ1n) is 5.64. The van der Waals surface area contributed by atoms with Gasteiger partial charge in [-0.2, -0.15) is 31.4 Å². The molecule has 0 amide bonds. The third-order valence-electron chi connectivity index (χ3n) is 2.65. The molecule has 1 aromatic carbocycles. The standard InChI is InChI=1S/C13H8F6N2/c14-12(15,16)9-3-1-8(11(7-9)13(17,18)19)2-4-10-5-6-20-21-10/h1-7H,(H,20,21). The fraction of sp³-hybridized carbons (Fsp3) is 0.154. The lowest BCUT2D eigenvalue weighted by molar-refractivity contribution is -0.143. The molecule has 1 heterocycles. The van der Waals surface area contributed by atoms with E-state index in [0.29, 0.717) is 11.8 Å². The molecule has 0 aliphatic carbocycles. The zero-order valence-corrected chi connectivity index (χ0v) is 10.3. The fourth-order valence-electron chi connectivity index (χ4n) is 1.66. The van der Waals surface area contributed by atoms with Crippen LogP contribution in [0.3, 0.4) is 0 Å². The normalized spacial score (nSPS) is 13.0. The maximum absolute atomic E-state index is 12.9. The summed E-state index contributed by atoms with van der Waals surface area (Å²) in [4.78, 5) is 0. The van der Waals surface area contributed by atoms with E-state index < -0.39 is 23.5 Å². The molecule has 8 heteroatoms. The first-order valence-corrected chi connectivity index (χ1v) is 5.64. The van der Waals surface area contributed by atoms with E-state index in [2.05, 4.69) is 10.2 Å². The number of alkyl halides is 6. The van der Waals surface area contributed by atoms with Crippen molar-refractivity contribution in [3.63, 3.8) is 0 Å². The molecule has 0 spiro atoms. The molecule has 21 heavy (non-hydrogen) atoms. The van der Waals surface area contributed by atoms with Crippen LogP contribution in [0.15, 0.2) is 30.5 Å². The predicted octanol–water partition coefficient (Wildman–Crippen LogP) is 4.62. The third kappa shape index (κ3) is 3.65. The Kier molecular flexibility index (Phi) is 3.80. The molecule has 0 atom stereocenters. The van der Waals surface area contributed by atoms with Crippen LogP contribution in [0.25, 0.3) is 12.2 Å². The molecule has 0 aliphatic rings. The Hall–Kier alpha value is -2.25. The van der Waals surface area contributed by atoms with E-state index in [0.717, 1.165) is 12.1 Å². The minimum absolute atomic E-state index is 0.104. The SMILES string of the molecule is FC(F)(F)c1ccc(C=Cc2ccn[nH]2)c(C(F)(F)F)c1. The lowest BCUT2D eigenvalue weighted by Crippen LogP contribution is -2.12. The highest BCUT2D eigenvalue weighted by Crippen LogP contribution is 2.37. The topological polar surface area (TPSA) is 28.7 Å². The number of H-pyrrole nitrogens is 1. The Balaban J connectivity index is 2.46. The number of nitrogens with one attached hydrogen (secondary N) is 1. The van der Waals surface area contributed by atoms with E-state index in [9.17, 15) is 26.3 Å². The molecular formula is C13H8F6N2. The lowest BCUT2D eigenvalue weighted by atomic mass is 10.0. The van der Waals surface area contributed by atoms with E-state index in [4.69, 9.17) is 0 Å². The first-order chi connectivity index (χ1) is 9.68. The Morgan fingerprint density at radius 1 is 0.905 bits per heavy atom. The number of nitrogens with zero attached hydrogens (tertiary/aromatic N) is 1. The summed E-state index contributed by atoms with van der Waals surface area (Å²) < 4.78 is 76.1. The van der Waals surface area contributed by atoms with Crippen LogP contribution >= 0.6 is 0 Å². The predicted molar refractivity (Wildman–Crippen MR) is 64.0 cm³/mol. The van der Waals surface area contributed by atoms with E-state index >= 15 is 0 Å². The van der Waals surface area contributed by atoms with Crippen LogP contribution in [0.2, 0.25) is 0 Å². The molecule has 0 unspecified atom stereocenters. The van der Waals surface area contributed by atoms with Gasteiger partial charge in [-0.1, -0.05) is 12.1 Å². The maximum atomic E-state index is 12.9. The minimum atomic E-state index is -4.88. The van der Waals surface area contributed by atoms with Crippen LogP contribution in [0, 0.1) is 0 Å². The number of rotatable bonds is 2. The summed E-state index contributed by atoms with van der Waals surface area (Å²) in [5, 5.41) is 6.11. The summed E-state index contributed by atoms with van der Waals surface area (Å²) in [5.74, 6) is 0.